The molecule has 0 spiro atoms. The van der Waals surface area contributed by atoms with E-state index >= 15 is 0 Å². The van der Waals surface area contributed by atoms with Crippen molar-refractivity contribution in [3.63, 3.8) is 0 Å². The summed E-state index contributed by atoms with van der Waals surface area (Å²) >= 11 is 0. The van der Waals surface area contributed by atoms with E-state index in [2.05, 4.69) is 10.4 Å². The molecule has 10 nitrogen and oxygen atoms in total. The van der Waals surface area contributed by atoms with Crippen molar-refractivity contribution in [1.82, 2.24) is 9.78 Å². The van der Waals surface area contributed by atoms with Crippen molar-refractivity contribution in [3.05, 3.63) is 81.2 Å². The Kier molecular flexibility index (Phi) is 7.07. The first-order valence-corrected chi connectivity index (χ1v) is 10.3. The first-order chi connectivity index (χ1) is 15.7. The van der Waals surface area contributed by atoms with E-state index in [1.165, 1.54) is 4.90 Å². The Morgan fingerprint density at radius 1 is 1.12 bits per heavy atom. The quantitative estimate of drug-likeness (QED) is 0.422. The van der Waals surface area contributed by atoms with Gasteiger partial charge in [-0.2, -0.15) is 5.10 Å². The summed E-state index contributed by atoms with van der Waals surface area (Å²) in [6, 6.07) is 13.8. The van der Waals surface area contributed by atoms with E-state index in [0.29, 0.717) is 34.9 Å². The van der Waals surface area contributed by atoms with Gasteiger partial charge in [0.05, 0.1) is 18.1 Å². The lowest BCUT2D eigenvalue weighted by atomic mass is 10.1. The predicted octanol–water partition coefficient (Wildman–Crippen LogP) is 4.30. The number of benzene rings is 2. The maximum Gasteiger partial charge on any atom is 0.413 e. The summed E-state index contributed by atoms with van der Waals surface area (Å²) < 4.78 is 6.54. The predicted molar refractivity (Wildman–Crippen MR) is 124 cm³/mol. The summed E-state index contributed by atoms with van der Waals surface area (Å²) in [7, 11) is 1.61. The molecule has 2 amide bonds. The molecule has 0 atom stereocenters. The number of nitrogens with zero attached hydrogens (tertiary/aromatic N) is 4. The molecule has 10 heteroatoms. The lowest BCUT2D eigenvalue weighted by molar-refractivity contribution is -0.386. The summed E-state index contributed by atoms with van der Waals surface area (Å²) in [5.41, 5.74) is 3.42. The zero-order valence-corrected chi connectivity index (χ0v) is 18.9. The standard InChI is InChI=1S/C23H25N5O5/c1-5-33-23(30)26(4)20-12-10-19(11-13-20)24-22(29)18-8-6-17(7-9-18)14-27-16(3)21(28(31)32)15(2)25-27/h6-13H,5,14H2,1-4H3,(H,24,29). The van der Waals surface area contributed by atoms with Gasteiger partial charge in [-0.15, -0.1) is 0 Å². The lowest BCUT2D eigenvalue weighted by Crippen LogP contribution is -2.26. The highest BCUT2D eigenvalue weighted by atomic mass is 16.6. The molecule has 172 valence electrons. The van der Waals surface area contributed by atoms with Crippen LogP contribution in [0.4, 0.5) is 21.9 Å². The number of aromatic nitrogens is 2. The van der Waals surface area contributed by atoms with Gasteiger partial charge in [0.15, 0.2) is 0 Å². The third-order valence-corrected chi connectivity index (χ3v) is 5.13. The second-order valence-electron chi connectivity index (χ2n) is 7.39. The van der Waals surface area contributed by atoms with Crippen LogP contribution in [0.2, 0.25) is 0 Å². The van der Waals surface area contributed by atoms with E-state index in [4.69, 9.17) is 4.74 Å². The van der Waals surface area contributed by atoms with E-state index in [1.54, 1.807) is 81.0 Å². The van der Waals surface area contributed by atoms with E-state index in [9.17, 15) is 19.7 Å². The molecule has 0 aliphatic heterocycles. The van der Waals surface area contributed by atoms with E-state index in [1.807, 2.05) is 0 Å². The Hall–Kier alpha value is -4.21. The molecule has 1 aromatic heterocycles. The highest BCUT2D eigenvalue weighted by molar-refractivity contribution is 6.04. The van der Waals surface area contributed by atoms with Gasteiger partial charge in [-0.1, -0.05) is 12.1 Å². The van der Waals surface area contributed by atoms with Gasteiger partial charge in [0.25, 0.3) is 5.91 Å². The van der Waals surface area contributed by atoms with Crippen LogP contribution in [0.3, 0.4) is 0 Å². The molecule has 1 N–H and O–H groups in total. The molecular weight excluding hydrogens is 426 g/mol. The molecular formula is C23H25N5O5. The molecule has 1 heterocycles. The van der Waals surface area contributed by atoms with E-state index in [0.717, 1.165) is 5.56 Å². The second kappa shape index (κ2) is 9.94. The Balaban J connectivity index is 1.64. The van der Waals surface area contributed by atoms with Gasteiger partial charge in [0.2, 0.25) is 0 Å². The fourth-order valence-corrected chi connectivity index (χ4v) is 3.34. The van der Waals surface area contributed by atoms with Gasteiger partial charge < -0.3 is 10.1 Å². The number of carbonyl (C=O) groups is 2. The van der Waals surface area contributed by atoms with Gasteiger partial charge >= 0.3 is 11.8 Å². The van der Waals surface area contributed by atoms with Crippen LogP contribution in [0.15, 0.2) is 48.5 Å². The summed E-state index contributed by atoms with van der Waals surface area (Å²) in [5, 5.41) is 18.2. The smallest absolute Gasteiger partial charge is 0.413 e. The number of carbonyl (C=O) groups excluding carboxylic acids is 2. The highest BCUT2D eigenvalue weighted by Gasteiger charge is 2.21. The minimum Gasteiger partial charge on any atom is -0.449 e. The summed E-state index contributed by atoms with van der Waals surface area (Å²) in [5.74, 6) is -0.283. The normalized spacial score (nSPS) is 10.5. The van der Waals surface area contributed by atoms with Gasteiger partial charge in [-0.25, -0.2) is 4.79 Å². The van der Waals surface area contributed by atoms with Gasteiger partial charge in [-0.3, -0.25) is 24.5 Å². The van der Waals surface area contributed by atoms with Gasteiger partial charge in [0, 0.05) is 24.0 Å². The van der Waals surface area contributed by atoms with E-state index < -0.39 is 11.0 Å². The number of aryl methyl sites for hydroxylation is 1. The molecule has 0 aliphatic carbocycles. The highest BCUT2D eigenvalue weighted by Crippen LogP contribution is 2.23. The molecule has 0 fully saturated rings. The van der Waals surface area contributed by atoms with Crippen LogP contribution in [-0.4, -0.2) is 40.4 Å². The molecule has 0 radical (unpaired) electrons. The molecule has 0 aliphatic rings. The Bertz CT molecular complexity index is 1170. The summed E-state index contributed by atoms with van der Waals surface area (Å²) in [4.78, 5) is 36.5. The molecule has 33 heavy (non-hydrogen) atoms. The van der Waals surface area contributed by atoms with Crippen LogP contribution in [0.5, 0.6) is 0 Å². The maximum absolute atomic E-state index is 12.6. The van der Waals surface area contributed by atoms with Crippen molar-refractivity contribution >= 4 is 29.1 Å². The zero-order valence-electron chi connectivity index (χ0n) is 18.9. The van der Waals surface area contributed by atoms with Gasteiger partial charge in [-0.05, 0) is 62.7 Å². The van der Waals surface area contributed by atoms with Crippen LogP contribution in [-0.2, 0) is 11.3 Å². The molecule has 0 unspecified atom stereocenters. The van der Waals surface area contributed by atoms with E-state index in [-0.39, 0.29) is 18.2 Å². The third-order valence-electron chi connectivity index (χ3n) is 5.13. The number of hydrogen-bond acceptors (Lipinski definition) is 6. The van der Waals surface area contributed by atoms with Crippen LogP contribution in [0.25, 0.3) is 0 Å². The van der Waals surface area contributed by atoms with Gasteiger partial charge in [0.1, 0.15) is 11.4 Å². The average molecular weight is 451 g/mol. The molecule has 0 saturated carbocycles. The molecule has 0 bridgehead atoms. The first-order valence-electron chi connectivity index (χ1n) is 10.3. The number of nitro groups is 1. The van der Waals surface area contributed by atoms with Crippen molar-refractivity contribution in [2.45, 2.75) is 27.3 Å². The van der Waals surface area contributed by atoms with Crippen LogP contribution < -0.4 is 10.2 Å². The molecule has 3 rings (SSSR count). The first kappa shape index (κ1) is 23.5. The SMILES string of the molecule is CCOC(=O)N(C)c1ccc(NC(=O)c2ccc(Cn3nc(C)c([N+](=O)[O-])c3C)cc2)cc1. The Labute approximate surface area is 190 Å². The number of nitrogens with one attached hydrogen (secondary N) is 1. The molecule has 3 aromatic rings. The fraction of sp³-hybridized carbons (Fsp3) is 0.261. The maximum atomic E-state index is 12.6. The monoisotopic (exact) mass is 451 g/mol. The zero-order chi connectivity index (χ0) is 24.1. The number of ether oxygens (including phenoxy) is 1. The fourth-order valence-electron chi connectivity index (χ4n) is 3.34. The van der Waals surface area contributed by atoms with Crippen molar-refractivity contribution in [1.29, 1.82) is 0 Å². The Morgan fingerprint density at radius 2 is 1.76 bits per heavy atom. The summed E-state index contributed by atoms with van der Waals surface area (Å²) in [6.45, 7) is 5.66. The van der Waals surface area contributed by atoms with Crippen LogP contribution in [0.1, 0.15) is 34.2 Å². The number of rotatable bonds is 7. The van der Waals surface area contributed by atoms with Crippen LogP contribution >= 0.6 is 0 Å². The van der Waals surface area contributed by atoms with Crippen molar-refractivity contribution in [2.75, 3.05) is 23.9 Å². The number of hydrogen-bond donors (Lipinski definition) is 1. The minimum atomic E-state index is -0.454. The van der Waals surface area contributed by atoms with Crippen molar-refractivity contribution in [2.24, 2.45) is 0 Å². The van der Waals surface area contributed by atoms with Crippen molar-refractivity contribution in [3.8, 4) is 0 Å². The topological polar surface area (TPSA) is 120 Å². The number of amides is 2. The average Bonchev–Trinajstić information content (AvgIpc) is 3.07. The third kappa shape index (κ3) is 5.35. The number of anilines is 2. The second-order valence-corrected chi connectivity index (χ2v) is 7.39. The van der Waals surface area contributed by atoms with Crippen molar-refractivity contribution < 1.29 is 19.2 Å². The van der Waals surface area contributed by atoms with Crippen LogP contribution in [0, 0.1) is 24.0 Å². The largest absolute Gasteiger partial charge is 0.449 e. The lowest BCUT2D eigenvalue weighted by Gasteiger charge is -2.17. The minimum absolute atomic E-state index is 0.0189. The molecule has 2 aromatic carbocycles. The summed E-state index contributed by atoms with van der Waals surface area (Å²) in [6.07, 6.45) is -0.454. The molecule has 0 saturated heterocycles. The Morgan fingerprint density at radius 3 is 2.30 bits per heavy atom.